The molecule has 5 nitrogen and oxygen atoms in total. The number of para-hydroxylation sites is 1. The molecule has 1 amide bonds. The highest BCUT2D eigenvalue weighted by molar-refractivity contribution is 7.22. The zero-order valence-electron chi connectivity index (χ0n) is 9.83. The fourth-order valence-corrected chi connectivity index (χ4v) is 2.55. The monoisotopic (exact) mass is 270 g/mol. The maximum atomic E-state index is 12.0. The number of hydrogen-bond donors (Lipinski definition) is 2. The number of nitrogen functional groups attached to an aromatic ring is 1. The Hall–Kier alpha value is -2.47. The molecule has 0 saturated heterocycles. The van der Waals surface area contributed by atoms with Gasteiger partial charge in [0.1, 0.15) is 0 Å². The maximum Gasteiger partial charge on any atom is 0.278 e. The number of amides is 1. The lowest BCUT2D eigenvalue weighted by Gasteiger charge is -2.02. The summed E-state index contributed by atoms with van der Waals surface area (Å²) in [5, 5.41) is 3.25. The predicted octanol–water partition coefficient (Wildman–Crippen LogP) is 2.53. The smallest absolute Gasteiger partial charge is 0.278 e. The van der Waals surface area contributed by atoms with Crippen molar-refractivity contribution in [2.24, 2.45) is 0 Å². The van der Waals surface area contributed by atoms with Crippen molar-refractivity contribution in [3.63, 3.8) is 0 Å². The first kappa shape index (κ1) is 11.6. The minimum absolute atomic E-state index is 0.210. The Morgan fingerprint density at radius 2 is 2.05 bits per heavy atom. The van der Waals surface area contributed by atoms with Gasteiger partial charge in [-0.15, -0.1) is 0 Å². The summed E-state index contributed by atoms with van der Waals surface area (Å²) in [5.41, 5.74) is 7.13. The van der Waals surface area contributed by atoms with Gasteiger partial charge in [-0.3, -0.25) is 10.1 Å². The molecule has 0 radical (unpaired) electrons. The Morgan fingerprint density at radius 1 is 1.21 bits per heavy atom. The van der Waals surface area contributed by atoms with Gasteiger partial charge in [-0.25, -0.2) is 9.97 Å². The van der Waals surface area contributed by atoms with Crippen LogP contribution < -0.4 is 11.1 Å². The molecule has 1 aromatic carbocycles. The molecule has 2 heterocycles. The van der Waals surface area contributed by atoms with E-state index in [1.54, 1.807) is 12.1 Å². The Bertz CT molecular complexity index is 720. The number of nitrogens with zero attached hydrogens (tertiary/aromatic N) is 2. The summed E-state index contributed by atoms with van der Waals surface area (Å²) in [5.74, 6) is -0.350. The average Bonchev–Trinajstić information content (AvgIpc) is 2.81. The highest BCUT2D eigenvalue weighted by Gasteiger charge is 2.13. The van der Waals surface area contributed by atoms with Crippen LogP contribution in [-0.4, -0.2) is 15.9 Å². The largest absolute Gasteiger partial charge is 0.397 e. The van der Waals surface area contributed by atoms with E-state index in [2.05, 4.69) is 15.3 Å². The van der Waals surface area contributed by atoms with Crippen LogP contribution in [0.5, 0.6) is 0 Å². The van der Waals surface area contributed by atoms with Gasteiger partial charge in [0.05, 0.1) is 15.9 Å². The molecule has 0 spiro atoms. The number of fused-ring (bicyclic) bond motifs is 1. The van der Waals surface area contributed by atoms with Crippen molar-refractivity contribution in [2.75, 3.05) is 11.1 Å². The second kappa shape index (κ2) is 4.66. The first-order chi connectivity index (χ1) is 9.24. The lowest BCUT2D eigenvalue weighted by Crippen LogP contribution is -2.15. The highest BCUT2D eigenvalue weighted by Crippen LogP contribution is 2.25. The number of benzene rings is 1. The van der Waals surface area contributed by atoms with Crippen LogP contribution in [0, 0.1) is 0 Å². The lowest BCUT2D eigenvalue weighted by atomic mass is 10.3. The molecule has 3 N–H and O–H groups in total. The van der Waals surface area contributed by atoms with Crippen molar-refractivity contribution in [3.8, 4) is 0 Å². The van der Waals surface area contributed by atoms with Crippen LogP contribution in [0.2, 0.25) is 0 Å². The first-order valence-electron chi connectivity index (χ1n) is 5.61. The number of nitrogens with one attached hydrogen (secondary N) is 1. The first-order valence-corrected chi connectivity index (χ1v) is 6.43. The average molecular weight is 270 g/mol. The van der Waals surface area contributed by atoms with Crippen molar-refractivity contribution >= 4 is 38.3 Å². The molecule has 3 aromatic rings. The van der Waals surface area contributed by atoms with E-state index >= 15 is 0 Å². The predicted molar refractivity (Wildman–Crippen MR) is 76.2 cm³/mol. The molecule has 94 valence electrons. The van der Waals surface area contributed by atoms with E-state index in [4.69, 9.17) is 5.73 Å². The van der Waals surface area contributed by atoms with E-state index in [0.717, 1.165) is 10.2 Å². The lowest BCUT2D eigenvalue weighted by molar-refractivity contribution is 0.102. The number of thiazole rings is 1. The van der Waals surface area contributed by atoms with E-state index in [9.17, 15) is 4.79 Å². The van der Waals surface area contributed by atoms with Crippen LogP contribution in [-0.2, 0) is 0 Å². The van der Waals surface area contributed by atoms with Gasteiger partial charge < -0.3 is 5.73 Å². The molecule has 0 bridgehead atoms. The summed E-state index contributed by atoms with van der Waals surface area (Å²) in [6.45, 7) is 0. The van der Waals surface area contributed by atoms with Crippen LogP contribution in [0.1, 0.15) is 10.5 Å². The third-order valence-electron chi connectivity index (χ3n) is 2.57. The van der Waals surface area contributed by atoms with E-state index in [1.807, 2.05) is 24.3 Å². The standard InChI is InChI=1S/C13H10N4OS/c14-8-4-3-7-15-11(8)12(18)17-13-16-9-5-1-2-6-10(9)19-13/h1-7H,14H2,(H,16,17,18). The number of aromatic nitrogens is 2. The summed E-state index contributed by atoms with van der Waals surface area (Å²) in [6.07, 6.45) is 1.53. The van der Waals surface area contributed by atoms with Crippen LogP contribution in [0.15, 0.2) is 42.6 Å². The summed E-state index contributed by atoms with van der Waals surface area (Å²) in [6, 6.07) is 11.0. The summed E-state index contributed by atoms with van der Waals surface area (Å²) >= 11 is 1.41. The Balaban J connectivity index is 1.89. The van der Waals surface area contributed by atoms with E-state index < -0.39 is 0 Å². The number of anilines is 2. The number of carbonyl (C=O) groups excluding carboxylic acids is 1. The summed E-state index contributed by atoms with van der Waals surface area (Å²) in [4.78, 5) is 20.3. The molecule has 0 aliphatic rings. The van der Waals surface area contributed by atoms with Gasteiger partial charge in [0, 0.05) is 6.20 Å². The van der Waals surface area contributed by atoms with Gasteiger partial charge in [-0.05, 0) is 24.3 Å². The number of nitrogens with two attached hydrogens (primary N) is 1. The van der Waals surface area contributed by atoms with E-state index in [0.29, 0.717) is 10.8 Å². The van der Waals surface area contributed by atoms with Gasteiger partial charge in [-0.2, -0.15) is 0 Å². The van der Waals surface area contributed by atoms with Gasteiger partial charge in [-0.1, -0.05) is 23.5 Å². The molecule has 0 fully saturated rings. The number of hydrogen-bond acceptors (Lipinski definition) is 5. The molecule has 0 aliphatic heterocycles. The third-order valence-corrected chi connectivity index (χ3v) is 3.52. The normalized spacial score (nSPS) is 10.5. The Labute approximate surface area is 113 Å². The number of pyridine rings is 1. The molecule has 6 heteroatoms. The molecular weight excluding hydrogens is 260 g/mol. The molecule has 0 saturated carbocycles. The van der Waals surface area contributed by atoms with Crippen molar-refractivity contribution in [1.82, 2.24) is 9.97 Å². The van der Waals surface area contributed by atoms with Gasteiger partial charge in [0.25, 0.3) is 5.91 Å². The zero-order valence-corrected chi connectivity index (χ0v) is 10.6. The van der Waals surface area contributed by atoms with Crippen molar-refractivity contribution in [1.29, 1.82) is 0 Å². The molecule has 2 aromatic heterocycles. The Morgan fingerprint density at radius 3 is 2.84 bits per heavy atom. The Kier molecular flexibility index (Phi) is 2.85. The van der Waals surface area contributed by atoms with E-state index in [-0.39, 0.29) is 11.6 Å². The summed E-state index contributed by atoms with van der Waals surface area (Å²) < 4.78 is 1.02. The quantitative estimate of drug-likeness (QED) is 0.749. The fourth-order valence-electron chi connectivity index (χ4n) is 1.69. The molecule has 0 aliphatic carbocycles. The van der Waals surface area contributed by atoms with Gasteiger partial charge in [0.2, 0.25) is 0 Å². The van der Waals surface area contributed by atoms with Gasteiger partial charge >= 0.3 is 0 Å². The molecule has 0 atom stereocenters. The number of rotatable bonds is 2. The zero-order chi connectivity index (χ0) is 13.2. The SMILES string of the molecule is Nc1cccnc1C(=O)Nc1nc2ccccc2s1. The van der Waals surface area contributed by atoms with Crippen LogP contribution in [0.4, 0.5) is 10.8 Å². The van der Waals surface area contributed by atoms with Crippen molar-refractivity contribution in [3.05, 3.63) is 48.3 Å². The summed E-state index contributed by atoms with van der Waals surface area (Å²) in [7, 11) is 0. The fraction of sp³-hybridized carbons (Fsp3) is 0. The number of carbonyl (C=O) groups is 1. The second-order valence-corrected chi connectivity index (χ2v) is 4.91. The minimum Gasteiger partial charge on any atom is -0.397 e. The third kappa shape index (κ3) is 2.25. The van der Waals surface area contributed by atoms with Crippen LogP contribution in [0.25, 0.3) is 10.2 Å². The molecule has 19 heavy (non-hydrogen) atoms. The van der Waals surface area contributed by atoms with Crippen molar-refractivity contribution < 1.29 is 4.79 Å². The van der Waals surface area contributed by atoms with Gasteiger partial charge in [0.15, 0.2) is 10.8 Å². The van der Waals surface area contributed by atoms with E-state index in [1.165, 1.54) is 17.5 Å². The minimum atomic E-state index is -0.350. The van der Waals surface area contributed by atoms with Crippen LogP contribution >= 0.6 is 11.3 Å². The topological polar surface area (TPSA) is 80.9 Å². The second-order valence-electron chi connectivity index (χ2n) is 3.88. The highest BCUT2D eigenvalue weighted by atomic mass is 32.1. The molecule has 3 rings (SSSR count). The van der Waals surface area contributed by atoms with Crippen molar-refractivity contribution in [2.45, 2.75) is 0 Å². The molecular formula is C13H10N4OS. The van der Waals surface area contributed by atoms with Crippen LogP contribution in [0.3, 0.4) is 0 Å². The maximum absolute atomic E-state index is 12.0. The molecule has 0 unspecified atom stereocenters.